The molecule has 2 N–H and O–H groups in total. The van der Waals surface area contributed by atoms with Crippen molar-refractivity contribution in [1.82, 2.24) is 24.6 Å². The van der Waals surface area contributed by atoms with Crippen molar-refractivity contribution in [3.05, 3.63) is 43.0 Å². The molecule has 0 amide bonds. The number of aromatic amines is 1. The van der Waals surface area contributed by atoms with Gasteiger partial charge in [-0.2, -0.15) is 5.10 Å². The average Bonchev–Trinajstić information content (AvgIpc) is 3.10. The zero-order chi connectivity index (χ0) is 16.0. The SMILES string of the molecule is CC(C)(C)Nc1c(-c2ccc3[nH]ncc3c2)nc2cnccn12. The molecule has 4 aromatic rings. The van der Waals surface area contributed by atoms with Crippen LogP contribution in [-0.4, -0.2) is 30.1 Å². The van der Waals surface area contributed by atoms with Gasteiger partial charge in [-0.15, -0.1) is 0 Å². The van der Waals surface area contributed by atoms with Gasteiger partial charge in [-0.25, -0.2) is 4.98 Å². The molecule has 0 aliphatic carbocycles. The summed E-state index contributed by atoms with van der Waals surface area (Å²) < 4.78 is 2.03. The standard InChI is InChI=1S/C17H18N6/c1-17(2,3)21-16-15(20-14-10-18-6-7-23(14)16)11-4-5-13-12(8-11)9-19-22-13/h4-10,21H,1-3H3,(H,19,22). The van der Waals surface area contributed by atoms with Gasteiger partial charge in [-0.3, -0.25) is 14.5 Å². The van der Waals surface area contributed by atoms with E-state index in [1.165, 1.54) is 0 Å². The first kappa shape index (κ1) is 13.8. The molecule has 0 aliphatic heterocycles. The maximum atomic E-state index is 4.77. The third-order valence-electron chi connectivity index (χ3n) is 3.64. The number of benzene rings is 1. The van der Waals surface area contributed by atoms with Crippen molar-refractivity contribution in [2.45, 2.75) is 26.3 Å². The summed E-state index contributed by atoms with van der Waals surface area (Å²) in [6.07, 6.45) is 7.29. The zero-order valence-electron chi connectivity index (χ0n) is 13.3. The molecule has 0 radical (unpaired) electrons. The van der Waals surface area contributed by atoms with E-state index in [1.807, 2.05) is 22.9 Å². The Morgan fingerprint density at radius 2 is 2.04 bits per heavy atom. The monoisotopic (exact) mass is 306 g/mol. The second kappa shape index (κ2) is 4.81. The van der Waals surface area contributed by atoms with Crippen LogP contribution in [0.1, 0.15) is 20.8 Å². The molecule has 6 nitrogen and oxygen atoms in total. The maximum Gasteiger partial charge on any atom is 0.157 e. The third kappa shape index (κ3) is 2.42. The second-order valence-corrected chi connectivity index (χ2v) is 6.66. The Morgan fingerprint density at radius 1 is 1.17 bits per heavy atom. The van der Waals surface area contributed by atoms with E-state index in [2.05, 4.69) is 53.4 Å². The van der Waals surface area contributed by atoms with E-state index >= 15 is 0 Å². The molecular formula is C17H18N6. The minimum absolute atomic E-state index is 0.0757. The third-order valence-corrected chi connectivity index (χ3v) is 3.64. The highest BCUT2D eigenvalue weighted by atomic mass is 15.2. The van der Waals surface area contributed by atoms with E-state index < -0.39 is 0 Å². The van der Waals surface area contributed by atoms with Crippen molar-refractivity contribution >= 4 is 22.4 Å². The van der Waals surface area contributed by atoms with Gasteiger partial charge in [0.15, 0.2) is 5.65 Å². The van der Waals surface area contributed by atoms with Crippen molar-refractivity contribution in [3.8, 4) is 11.3 Å². The number of nitrogens with zero attached hydrogens (tertiary/aromatic N) is 4. The molecule has 6 heteroatoms. The van der Waals surface area contributed by atoms with Crippen molar-refractivity contribution in [2.75, 3.05) is 5.32 Å². The van der Waals surface area contributed by atoms with E-state index in [4.69, 9.17) is 4.98 Å². The molecule has 23 heavy (non-hydrogen) atoms. The van der Waals surface area contributed by atoms with Gasteiger partial charge in [0.05, 0.1) is 17.9 Å². The lowest BCUT2D eigenvalue weighted by Crippen LogP contribution is -2.27. The van der Waals surface area contributed by atoms with Crippen LogP contribution in [0.3, 0.4) is 0 Å². The molecule has 0 fully saturated rings. The number of H-pyrrole nitrogens is 1. The average molecular weight is 306 g/mol. The highest BCUT2D eigenvalue weighted by molar-refractivity contribution is 5.86. The molecule has 0 spiro atoms. The quantitative estimate of drug-likeness (QED) is 0.595. The van der Waals surface area contributed by atoms with E-state index in [0.29, 0.717) is 0 Å². The van der Waals surface area contributed by atoms with Crippen molar-refractivity contribution in [1.29, 1.82) is 0 Å². The van der Waals surface area contributed by atoms with Crippen LogP contribution in [0.25, 0.3) is 27.8 Å². The molecule has 0 unspecified atom stereocenters. The molecule has 0 saturated heterocycles. The van der Waals surface area contributed by atoms with Crippen LogP contribution in [0.15, 0.2) is 43.0 Å². The normalized spacial score (nSPS) is 12.1. The summed E-state index contributed by atoms with van der Waals surface area (Å²) in [6, 6.07) is 6.19. The highest BCUT2D eigenvalue weighted by Crippen LogP contribution is 2.31. The lowest BCUT2D eigenvalue weighted by molar-refractivity contribution is 0.629. The lowest BCUT2D eigenvalue weighted by Gasteiger charge is -2.22. The number of imidazole rings is 1. The fraction of sp³-hybridized carbons (Fsp3) is 0.235. The summed E-state index contributed by atoms with van der Waals surface area (Å²) in [5, 5.41) is 11.7. The molecule has 3 heterocycles. The molecule has 0 saturated carbocycles. The van der Waals surface area contributed by atoms with Crippen LogP contribution >= 0.6 is 0 Å². The van der Waals surface area contributed by atoms with Crippen LogP contribution in [0, 0.1) is 0 Å². The number of hydrogen-bond donors (Lipinski definition) is 2. The Balaban J connectivity index is 1.95. The Morgan fingerprint density at radius 3 is 2.87 bits per heavy atom. The number of fused-ring (bicyclic) bond motifs is 2. The van der Waals surface area contributed by atoms with Gasteiger partial charge in [0.2, 0.25) is 0 Å². The van der Waals surface area contributed by atoms with Crippen LogP contribution in [0.2, 0.25) is 0 Å². The molecule has 3 aromatic heterocycles. The Bertz CT molecular complexity index is 989. The predicted octanol–water partition coefficient (Wildman–Crippen LogP) is 3.48. The summed E-state index contributed by atoms with van der Waals surface area (Å²) in [6.45, 7) is 6.41. The summed E-state index contributed by atoms with van der Waals surface area (Å²) in [4.78, 5) is 8.94. The fourth-order valence-electron chi connectivity index (χ4n) is 2.67. The number of rotatable bonds is 2. The first-order valence-electron chi connectivity index (χ1n) is 7.55. The maximum absolute atomic E-state index is 4.77. The zero-order valence-corrected chi connectivity index (χ0v) is 13.3. The lowest BCUT2D eigenvalue weighted by atomic mass is 10.1. The minimum Gasteiger partial charge on any atom is -0.365 e. The van der Waals surface area contributed by atoms with Gasteiger partial charge in [0.1, 0.15) is 11.5 Å². The van der Waals surface area contributed by atoms with E-state index in [0.717, 1.165) is 33.6 Å². The minimum atomic E-state index is -0.0757. The second-order valence-electron chi connectivity index (χ2n) is 6.66. The molecule has 4 rings (SSSR count). The van der Waals surface area contributed by atoms with Gasteiger partial charge < -0.3 is 5.32 Å². The number of anilines is 1. The van der Waals surface area contributed by atoms with Crippen LogP contribution in [-0.2, 0) is 0 Å². The molecule has 1 aromatic carbocycles. The Labute approximate surface area is 133 Å². The van der Waals surface area contributed by atoms with Crippen LogP contribution in [0.5, 0.6) is 0 Å². The van der Waals surface area contributed by atoms with Gasteiger partial charge in [0.25, 0.3) is 0 Å². The van der Waals surface area contributed by atoms with Crippen molar-refractivity contribution < 1.29 is 0 Å². The summed E-state index contributed by atoms with van der Waals surface area (Å²) in [5.74, 6) is 0.970. The predicted molar refractivity (Wildman–Crippen MR) is 91.5 cm³/mol. The van der Waals surface area contributed by atoms with Crippen LogP contribution in [0.4, 0.5) is 5.82 Å². The Kier molecular flexibility index (Phi) is 2.87. The largest absolute Gasteiger partial charge is 0.365 e. The van der Waals surface area contributed by atoms with Crippen molar-refractivity contribution in [3.63, 3.8) is 0 Å². The fourth-order valence-corrected chi connectivity index (χ4v) is 2.67. The van der Waals surface area contributed by atoms with Crippen molar-refractivity contribution in [2.24, 2.45) is 0 Å². The summed E-state index contributed by atoms with van der Waals surface area (Å²) >= 11 is 0. The van der Waals surface area contributed by atoms with E-state index in [1.54, 1.807) is 12.4 Å². The van der Waals surface area contributed by atoms with Crippen LogP contribution < -0.4 is 5.32 Å². The summed E-state index contributed by atoms with van der Waals surface area (Å²) in [5.41, 5.74) is 3.73. The number of hydrogen-bond acceptors (Lipinski definition) is 4. The van der Waals surface area contributed by atoms with Gasteiger partial charge in [-0.05, 0) is 32.9 Å². The molecule has 0 bridgehead atoms. The molecular weight excluding hydrogens is 288 g/mol. The first-order valence-corrected chi connectivity index (χ1v) is 7.55. The van der Waals surface area contributed by atoms with Gasteiger partial charge in [0, 0.05) is 28.9 Å². The summed E-state index contributed by atoms with van der Waals surface area (Å²) in [7, 11) is 0. The van der Waals surface area contributed by atoms with Gasteiger partial charge in [-0.1, -0.05) is 6.07 Å². The molecule has 0 atom stereocenters. The first-order chi connectivity index (χ1) is 11.0. The Hall–Kier alpha value is -2.89. The number of aromatic nitrogens is 5. The molecule has 116 valence electrons. The topological polar surface area (TPSA) is 70.9 Å². The van der Waals surface area contributed by atoms with E-state index in [9.17, 15) is 0 Å². The number of nitrogens with one attached hydrogen (secondary N) is 2. The highest BCUT2D eigenvalue weighted by Gasteiger charge is 2.19. The smallest absolute Gasteiger partial charge is 0.157 e. The molecule has 0 aliphatic rings. The van der Waals surface area contributed by atoms with E-state index in [-0.39, 0.29) is 5.54 Å². The van der Waals surface area contributed by atoms with Gasteiger partial charge >= 0.3 is 0 Å².